The van der Waals surface area contributed by atoms with Crippen molar-refractivity contribution in [2.75, 3.05) is 10.8 Å². The van der Waals surface area contributed by atoms with E-state index in [9.17, 15) is 40.3 Å². The molecule has 1 saturated carbocycles. The molecule has 2 aliphatic rings. The number of benzene rings is 3. The van der Waals surface area contributed by atoms with E-state index in [0.29, 0.717) is 6.07 Å². The Hall–Kier alpha value is -3.67. The van der Waals surface area contributed by atoms with E-state index in [2.05, 4.69) is 0 Å². The molecule has 1 heterocycles. The number of aliphatic carboxylic acids is 1. The molecule has 0 amide bonds. The number of carboxylic acids is 1. The number of fused-ring (bicyclic) bond motifs is 1. The van der Waals surface area contributed by atoms with Crippen molar-refractivity contribution in [1.29, 1.82) is 0 Å². The van der Waals surface area contributed by atoms with Crippen LogP contribution in [-0.2, 0) is 21.0 Å². The van der Waals surface area contributed by atoms with Gasteiger partial charge < -0.3 is 9.84 Å². The summed E-state index contributed by atoms with van der Waals surface area (Å²) in [5.74, 6) is -3.30. The smallest absolute Gasteiger partial charge is 0.416 e. The van der Waals surface area contributed by atoms with Crippen LogP contribution in [0, 0.1) is 23.5 Å². The van der Waals surface area contributed by atoms with E-state index >= 15 is 0 Å². The number of anilines is 1. The second-order valence-electron chi connectivity index (χ2n) is 9.29. The molecule has 0 aromatic heterocycles. The zero-order chi connectivity index (χ0) is 27.4. The Labute approximate surface area is 214 Å². The van der Waals surface area contributed by atoms with Gasteiger partial charge in [-0.2, -0.15) is 13.2 Å². The second-order valence-corrected chi connectivity index (χ2v) is 11.2. The molecular weight excluding hydrogens is 533 g/mol. The fourth-order valence-electron chi connectivity index (χ4n) is 4.76. The number of halogens is 5. The Morgan fingerprint density at radius 2 is 1.74 bits per heavy atom. The normalized spacial score (nSPS) is 21.3. The molecule has 1 N–H and O–H groups in total. The molecule has 1 atom stereocenters. The number of hydrogen-bond acceptors (Lipinski definition) is 4. The summed E-state index contributed by atoms with van der Waals surface area (Å²) in [5.41, 5.74) is -1.23. The van der Waals surface area contributed by atoms with Crippen molar-refractivity contribution in [1.82, 2.24) is 0 Å². The molecule has 12 heteroatoms. The Kier molecular flexibility index (Phi) is 6.33. The predicted octanol–water partition coefficient (Wildman–Crippen LogP) is 5.72. The molecule has 200 valence electrons. The monoisotopic (exact) mass is 553 g/mol. The number of nitrogens with zero attached hydrogens (tertiary/aromatic N) is 1. The van der Waals surface area contributed by atoms with Crippen LogP contribution in [0.15, 0.2) is 65.6 Å². The molecule has 38 heavy (non-hydrogen) atoms. The summed E-state index contributed by atoms with van der Waals surface area (Å²) in [6.45, 7) is -0.308. The average Bonchev–Trinajstić information content (AvgIpc) is 2.83. The van der Waals surface area contributed by atoms with Gasteiger partial charge in [-0.15, -0.1) is 0 Å². The molecule has 0 spiro atoms. The first kappa shape index (κ1) is 26.0. The molecule has 0 bridgehead atoms. The van der Waals surface area contributed by atoms with Gasteiger partial charge in [-0.1, -0.05) is 12.1 Å². The van der Waals surface area contributed by atoms with E-state index in [-0.39, 0.29) is 47.9 Å². The number of hydrogen-bond donors (Lipinski definition) is 1. The maximum absolute atomic E-state index is 14.5. The average molecular weight is 554 g/mol. The lowest BCUT2D eigenvalue weighted by atomic mass is 9.72. The number of carbonyl (C=O) groups is 1. The molecule has 3 aromatic carbocycles. The van der Waals surface area contributed by atoms with Gasteiger partial charge >= 0.3 is 12.1 Å². The molecule has 1 aliphatic carbocycles. The number of rotatable bonds is 5. The van der Waals surface area contributed by atoms with E-state index in [4.69, 9.17) is 4.74 Å². The lowest BCUT2D eigenvalue weighted by molar-refractivity contribution is -0.147. The second kappa shape index (κ2) is 9.26. The third-order valence-electron chi connectivity index (χ3n) is 6.89. The topological polar surface area (TPSA) is 83.9 Å². The van der Waals surface area contributed by atoms with Crippen LogP contribution in [0.3, 0.4) is 0 Å². The first-order valence-corrected chi connectivity index (χ1v) is 13.0. The number of sulfonamides is 1. The summed E-state index contributed by atoms with van der Waals surface area (Å²) in [6.07, 6.45) is -5.05. The van der Waals surface area contributed by atoms with Gasteiger partial charge in [0, 0.05) is 5.56 Å². The molecule has 0 unspecified atom stereocenters. The minimum absolute atomic E-state index is 0.0612. The molecule has 0 radical (unpaired) electrons. The lowest BCUT2D eigenvalue weighted by Gasteiger charge is -2.43. The van der Waals surface area contributed by atoms with E-state index < -0.39 is 56.3 Å². The van der Waals surface area contributed by atoms with Crippen LogP contribution in [0.5, 0.6) is 5.75 Å². The standard InChI is InChI=1S/C26H20F5NO5S/c27-18-5-6-21(28)20(12-18)14-4-7-23-22(10-14)32(13-24(37-23)15-8-16(9-15)25(33)34)38(35,36)19-3-1-2-17(11-19)26(29,30)31/h1-7,10-12,15-16,24H,8-9,13H2,(H,33,34)/t15-,16+,24-/m1/s1. The van der Waals surface area contributed by atoms with Crippen molar-refractivity contribution in [2.45, 2.75) is 30.0 Å². The van der Waals surface area contributed by atoms with Crippen LogP contribution < -0.4 is 9.04 Å². The van der Waals surface area contributed by atoms with Gasteiger partial charge in [0.2, 0.25) is 0 Å². The fraction of sp³-hybridized carbons (Fsp3) is 0.269. The summed E-state index contributed by atoms with van der Waals surface area (Å²) in [5, 5.41) is 9.21. The van der Waals surface area contributed by atoms with Crippen molar-refractivity contribution >= 4 is 21.7 Å². The predicted molar refractivity (Wildman–Crippen MR) is 126 cm³/mol. The van der Waals surface area contributed by atoms with Crippen molar-refractivity contribution in [2.24, 2.45) is 11.8 Å². The highest BCUT2D eigenvalue weighted by atomic mass is 32.2. The van der Waals surface area contributed by atoms with Crippen LogP contribution in [-0.4, -0.2) is 32.1 Å². The molecule has 1 aliphatic heterocycles. The van der Waals surface area contributed by atoms with E-state index in [0.717, 1.165) is 40.7 Å². The van der Waals surface area contributed by atoms with Crippen molar-refractivity contribution < 1.29 is 45.0 Å². The Balaban J connectivity index is 1.59. The number of carboxylic acid groups (broad SMARTS) is 1. The summed E-state index contributed by atoms with van der Waals surface area (Å²) < 4.78 is 103. The zero-order valence-electron chi connectivity index (χ0n) is 19.5. The third-order valence-corrected chi connectivity index (χ3v) is 8.67. The molecule has 0 saturated heterocycles. The van der Waals surface area contributed by atoms with Gasteiger partial charge in [-0.3, -0.25) is 9.10 Å². The van der Waals surface area contributed by atoms with E-state index in [1.165, 1.54) is 18.2 Å². The highest BCUT2D eigenvalue weighted by molar-refractivity contribution is 7.92. The van der Waals surface area contributed by atoms with Gasteiger partial charge in [0.25, 0.3) is 10.0 Å². The van der Waals surface area contributed by atoms with Gasteiger partial charge in [0.05, 0.1) is 28.6 Å². The summed E-state index contributed by atoms with van der Waals surface area (Å²) >= 11 is 0. The molecular formula is C26H20F5NO5S. The molecule has 5 rings (SSSR count). The van der Waals surface area contributed by atoms with Crippen LogP contribution in [0.25, 0.3) is 11.1 Å². The number of ether oxygens (including phenoxy) is 1. The summed E-state index contributed by atoms with van der Waals surface area (Å²) in [4.78, 5) is 10.6. The van der Waals surface area contributed by atoms with Crippen LogP contribution >= 0.6 is 0 Å². The van der Waals surface area contributed by atoms with Crippen LogP contribution in [0.2, 0.25) is 0 Å². The molecule has 1 fully saturated rings. The van der Waals surface area contributed by atoms with E-state index in [1.54, 1.807) is 0 Å². The quantitative estimate of drug-likeness (QED) is 0.409. The molecule has 3 aromatic rings. The summed E-state index contributed by atoms with van der Waals surface area (Å²) in [7, 11) is -4.59. The van der Waals surface area contributed by atoms with Gasteiger partial charge in [-0.25, -0.2) is 17.2 Å². The minimum Gasteiger partial charge on any atom is -0.486 e. The Bertz CT molecular complexity index is 1520. The van der Waals surface area contributed by atoms with Crippen LogP contribution in [0.4, 0.5) is 27.6 Å². The summed E-state index contributed by atoms with van der Waals surface area (Å²) in [6, 6.07) is 10.1. The first-order chi connectivity index (χ1) is 17.8. The van der Waals surface area contributed by atoms with Gasteiger partial charge in [0.15, 0.2) is 0 Å². The largest absolute Gasteiger partial charge is 0.486 e. The minimum atomic E-state index is -4.78. The zero-order valence-corrected chi connectivity index (χ0v) is 20.3. The highest BCUT2D eigenvalue weighted by Gasteiger charge is 2.45. The van der Waals surface area contributed by atoms with Crippen molar-refractivity contribution in [3.05, 3.63) is 77.9 Å². The van der Waals surface area contributed by atoms with Crippen LogP contribution in [0.1, 0.15) is 18.4 Å². The van der Waals surface area contributed by atoms with Gasteiger partial charge in [0.1, 0.15) is 23.5 Å². The third kappa shape index (κ3) is 4.68. The van der Waals surface area contributed by atoms with Gasteiger partial charge in [-0.05, 0) is 72.9 Å². The highest BCUT2D eigenvalue weighted by Crippen LogP contribution is 2.45. The number of alkyl halides is 3. The van der Waals surface area contributed by atoms with Crippen molar-refractivity contribution in [3.8, 4) is 16.9 Å². The maximum Gasteiger partial charge on any atom is 0.416 e. The van der Waals surface area contributed by atoms with E-state index in [1.807, 2.05) is 0 Å². The maximum atomic E-state index is 14.5. The SMILES string of the molecule is O=C(O)[C@H]1C[C@@H]([C@H]2CN(S(=O)(=O)c3cccc(C(F)(F)F)c3)c3cc(-c4cc(F)ccc4F)ccc3O2)C1. The first-order valence-electron chi connectivity index (χ1n) is 11.5. The molecule has 6 nitrogen and oxygen atoms in total. The Morgan fingerprint density at radius 3 is 2.42 bits per heavy atom. The fourth-order valence-corrected chi connectivity index (χ4v) is 6.29. The Morgan fingerprint density at radius 1 is 1.00 bits per heavy atom. The van der Waals surface area contributed by atoms with Crippen molar-refractivity contribution in [3.63, 3.8) is 0 Å². The lowest BCUT2D eigenvalue weighted by Crippen LogP contribution is -2.50.